The van der Waals surface area contributed by atoms with Gasteiger partial charge in [-0.3, -0.25) is 14.7 Å². The zero-order valence-corrected chi connectivity index (χ0v) is 16.8. The molecule has 1 aliphatic rings. The van der Waals surface area contributed by atoms with Gasteiger partial charge in [-0.15, -0.1) is 0 Å². The van der Waals surface area contributed by atoms with E-state index in [2.05, 4.69) is 15.0 Å². The summed E-state index contributed by atoms with van der Waals surface area (Å²) in [5.41, 5.74) is 0.432. The molecular formula is C18H21N5O5S. The van der Waals surface area contributed by atoms with Crippen molar-refractivity contribution in [2.24, 2.45) is 0 Å². The van der Waals surface area contributed by atoms with E-state index < -0.39 is 21.3 Å². The minimum absolute atomic E-state index is 0.0675. The third kappa shape index (κ3) is 3.88. The molecule has 1 aromatic carbocycles. The second-order valence-corrected chi connectivity index (χ2v) is 9.24. The number of benzene rings is 1. The number of fused-ring (bicyclic) bond motifs is 1. The van der Waals surface area contributed by atoms with E-state index in [4.69, 9.17) is 4.52 Å². The van der Waals surface area contributed by atoms with Crippen molar-refractivity contribution in [3.63, 3.8) is 0 Å². The summed E-state index contributed by atoms with van der Waals surface area (Å²) >= 11 is 0. The van der Waals surface area contributed by atoms with Gasteiger partial charge < -0.3 is 4.52 Å². The maximum Gasteiger partial charge on any atom is 0.334 e. The third-order valence-corrected chi connectivity index (χ3v) is 6.42. The molecule has 11 heteroatoms. The van der Waals surface area contributed by atoms with Gasteiger partial charge in [-0.2, -0.15) is 4.31 Å². The zero-order valence-electron chi connectivity index (χ0n) is 16.0. The second kappa shape index (κ2) is 7.25. The molecule has 29 heavy (non-hydrogen) atoms. The molecule has 0 bridgehead atoms. The van der Waals surface area contributed by atoms with Crippen molar-refractivity contribution in [2.75, 3.05) is 25.9 Å². The van der Waals surface area contributed by atoms with Gasteiger partial charge in [0.1, 0.15) is 0 Å². The molecule has 2 aromatic heterocycles. The summed E-state index contributed by atoms with van der Waals surface area (Å²) in [6.07, 6.45) is 2.59. The number of nitrogens with one attached hydrogen (secondary N) is 1. The number of aromatic amines is 1. The highest BCUT2D eigenvalue weighted by molar-refractivity contribution is 7.88. The lowest BCUT2D eigenvalue weighted by Crippen LogP contribution is -2.52. The summed E-state index contributed by atoms with van der Waals surface area (Å²) in [6, 6.07) is 6.92. The Kier molecular flexibility index (Phi) is 4.89. The molecule has 0 spiro atoms. The maximum atomic E-state index is 12.1. The fourth-order valence-corrected chi connectivity index (χ4v) is 4.46. The van der Waals surface area contributed by atoms with Crippen LogP contribution in [0.15, 0.2) is 44.6 Å². The Morgan fingerprint density at radius 1 is 1.24 bits per heavy atom. The van der Waals surface area contributed by atoms with Crippen molar-refractivity contribution in [1.82, 2.24) is 23.9 Å². The topological polar surface area (TPSA) is 122 Å². The average molecular weight is 419 g/mol. The van der Waals surface area contributed by atoms with Gasteiger partial charge in [0.05, 0.1) is 11.6 Å². The summed E-state index contributed by atoms with van der Waals surface area (Å²) in [4.78, 5) is 27.8. The van der Waals surface area contributed by atoms with Crippen molar-refractivity contribution >= 4 is 21.0 Å². The molecule has 1 N–H and O–H groups in total. The molecule has 10 nitrogen and oxygen atoms in total. The van der Waals surface area contributed by atoms with Crippen LogP contribution in [0.1, 0.15) is 12.5 Å². The molecule has 154 valence electrons. The van der Waals surface area contributed by atoms with E-state index in [0.29, 0.717) is 43.0 Å². The molecule has 0 aliphatic carbocycles. The Bertz CT molecular complexity index is 1280. The Balaban J connectivity index is 1.61. The SMILES string of the molecule is CC1CN(S(C)(=O)=O)CCN1Cc1ccc2onc(-n3ccc(=O)[nH]c3=O)c2c1. The van der Waals surface area contributed by atoms with Crippen LogP contribution in [0.4, 0.5) is 0 Å². The second-order valence-electron chi connectivity index (χ2n) is 7.26. The number of rotatable bonds is 4. The smallest absolute Gasteiger partial charge is 0.334 e. The van der Waals surface area contributed by atoms with Crippen LogP contribution in [0.2, 0.25) is 0 Å². The number of nitrogens with zero attached hydrogens (tertiary/aromatic N) is 4. The highest BCUT2D eigenvalue weighted by Crippen LogP contribution is 2.24. The third-order valence-electron chi connectivity index (χ3n) is 5.15. The van der Waals surface area contributed by atoms with E-state index in [1.165, 1.54) is 27.4 Å². The summed E-state index contributed by atoms with van der Waals surface area (Å²) in [5.74, 6) is 0.304. The molecule has 3 aromatic rings. The van der Waals surface area contributed by atoms with Gasteiger partial charge >= 0.3 is 5.69 Å². The fourth-order valence-electron chi connectivity index (χ4n) is 3.56. The zero-order chi connectivity index (χ0) is 20.8. The molecule has 1 saturated heterocycles. The summed E-state index contributed by atoms with van der Waals surface area (Å²) in [6.45, 7) is 4.16. The van der Waals surface area contributed by atoms with Crippen LogP contribution in [0.25, 0.3) is 16.8 Å². The molecule has 0 radical (unpaired) electrons. The highest BCUT2D eigenvalue weighted by atomic mass is 32.2. The molecule has 4 rings (SSSR count). The van der Waals surface area contributed by atoms with E-state index in [9.17, 15) is 18.0 Å². The molecule has 1 atom stereocenters. The van der Waals surface area contributed by atoms with E-state index in [-0.39, 0.29) is 6.04 Å². The lowest BCUT2D eigenvalue weighted by molar-refractivity contribution is 0.122. The van der Waals surface area contributed by atoms with Gasteiger partial charge in [-0.1, -0.05) is 11.2 Å². The molecule has 3 heterocycles. The van der Waals surface area contributed by atoms with Crippen LogP contribution in [0, 0.1) is 0 Å². The first kappa shape index (κ1) is 19.6. The Hall–Kier alpha value is -2.76. The molecule has 0 amide bonds. The average Bonchev–Trinajstić information content (AvgIpc) is 3.05. The van der Waals surface area contributed by atoms with Gasteiger partial charge in [0.2, 0.25) is 10.0 Å². The van der Waals surface area contributed by atoms with Gasteiger partial charge in [-0.25, -0.2) is 17.8 Å². The lowest BCUT2D eigenvalue weighted by atomic mass is 10.1. The molecule has 1 aliphatic heterocycles. The Labute approximate surface area is 166 Å². The van der Waals surface area contributed by atoms with Gasteiger partial charge in [0, 0.05) is 44.5 Å². The van der Waals surface area contributed by atoms with Crippen molar-refractivity contribution in [3.8, 4) is 5.82 Å². The van der Waals surface area contributed by atoms with Crippen LogP contribution >= 0.6 is 0 Å². The van der Waals surface area contributed by atoms with Crippen molar-refractivity contribution in [3.05, 3.63) is 56.9 Å². The number of piperazine rings is 1. The quantitative estimate of drug-likeness (QED) is 0.638. The first-order chi connectivity index (χ1) is 13.7. The first-order valence-electron chi connectivity index (χ1n) is 9.12. The van der Waals surface area contributed by atoms with Gasteiger partial charge in [0.25, 0.3) is 5.56 Å². The maximum absolute atomic E-state index is 12.1. The normalized spacial score (nSPS) is 19.0. The van der Waals surface area contributed by atoms with Crippen molar-refractivity contribution in [1.29, 1.82) is 0 Å². The number of hydrogen-bond donors (Lipinski definition) is 1. The highest BCUT2D eigenvalue weighted by Gasteiger charge is 2.28. The summed E-state index contributed by atoms with van der Waals surface area (Å²) in [5, 5.41) is 4.63. The van der Waals surface area contributed by atoms with E-state index >= 15 is 0 Å². The van der Waals surface area contributed by atoms with Gasteiger partial charge in [0.15, 0.2) is 11.4 Å². The number of hydrogen-bond acceptors (Lipinski definition) is 7. The minimum Gasteiger partial charge on any atom is -0.354 e. The summed E-state index contributed by atoms with van der Waals surface area (Å²) in [7, 11) is -3.19. The van der Waals surface area contributed by atoms with E-state index in [0.717, 1.165) is 5.56 Å². The van der Waals surface area contributed by atoms with Gasteiger partial charge in [-0.05, 0) is 24.6 Å². The predicted molar refractivity (Wildman–Crippen MR) is 107 cm³/mol. The van der Waals surface area contributed by atoms with Crippen molar-refractivity contribution in [2.45, 2.75) is 19.5 Å². The Morgan fingerprint density at radius 2 is 2.03 bits per heavy atom. The molecule has 1 unspecified atom stereocenters. The number of sulfonamides is 1. The Morgan fingerprint density at radius 3 is 2.72 bits per heavy atom. The number of aromatic nitrogens is 3. The van der Waals surface area contributed by atoms with E-state index in [1.807, 2.05) is 19.1 Å². The molecular weight excluding hydrogens is 398 g/mol. The van der Waals surface area contributed by atoms with Crippen LogP contribution in [0.3, 0.4) is 0 Å². The monoisotopic (exact) mass is 419 g/mol. The van der Waals surface area contributed by atoms with Crippen LogP contribution in [-0.4, -0.2) is 64.3 Å². The predicted octanol–water partition coefficient (Wildman–Crippen LogP) is 0.133. The van der Waals surface area contributed by atoms with Crippen LogP contribution in [0.5, 0.6) is 0 Å². The van der Waals surface area contributed by atoms with Crippen LogP contribution < -0.4 is 11.2 Å². The first-order valence-corrected chi connectivity index (χ1v) is 11.0. The molecule has 1 fully saturated rings. The standard InChI is InChI=1S/C18H21N5O5S/c1-12-10-22(29(2,26)27)8-7-21(12)11-13-3-4-15-14(9-13)17(20-28-15)23-6-5-16(24)19-18(23)25/h3-6,9,12H,7-8,10-11H2,1-2H3,(H,19,24,25). The number of H-pyrrole nitrogens is 1. The minimum atomic E-state index is -3.19. The molecule has 0 saturated carbocycles. The fraction of sp³-hybridized carbons (Fsp3) is 0.389. The van der Waals surface area contributed by atoms with Crippen LogP contribution in [-0.2, 0) is 16.6 Å². The van der Waals surface area contributed by atoms with Crippen molar-refractivity contribution < 1.29 is 12.9 Å². The lowest BCUT2D eigenvalue weighted by Gasteiger charge is -2.38. The largest absolute Gasteiger partial charge is 0.354 e. The summed E-state index contributed by atoms with van der Waals surface area (Å²) < 4.78 is 31.6. The van der Waals surface area contributed by atoms with E-state index in [1.54, 1.807) is 6.07 Å².